The zero-order valence-corrected chi connectivity index (χ0v) is 4.89. The second-order valence-electron chi connectivity index (χ2n) is 1.11. The molecule has 0 unspecified atom stereocenters. The molecule has 1 aliphatic heterocycles. The minimum atomic E-state index is 0.593. The highest BCUT2D eigenvalue weighted by Gasteiger charge is 2.02. The van der Waals surface area contributed by atoms with E-state index in [-0.39, 0.29) is 0 Å². The smallest absolute Gasteiger partial charge is 0.227 e. The zero-order chi connectivity index (χ0) is 5.82. The molecular weight excluding hydrogens is 126 g/mol. The van der Waals surface area contributed by atoms with Gasteiger partial charge in [-0.05, 0) is 0 Å². The number of carbonyl (C=O) groups is 1. The van der Waals surface area contributed by atoms with Gasteiger partial charge < -0.3 is 0 Å². The maximum absolute atomic E-state index is 9.72. The van der Waals surface area contributed by atoms with E-state index in [0.29, 0.717) is 6.41 Å². The van der Waals surface area contributed by atoms with E-state index in [4.69, 9.17) is 0 Å². The van der Waals surface area contributed by atoms with Crippen LogP contribution in [0.5, 0.6) is 0 Å². The van der Waals surface area contributed by atoms with Gasteiger partial charge >= 0.3 is 0 Å². The van der Waals surface area contributed by atoms with Crippen molar-refractivity contribution in [1.29, 1.82) is 0 Å². The summed E-state index contributed by atoms with van der Waals surface area (Å²) in [6.07, 6.45) is 2.32. The predicted octanol–water partition coefficient (Wildman–Crippen LogP) is -0.403. The van der Waals surface area contributed by atoms with Crippen molar-refractivity contribution in [2.75, 3.05) is 5.75 Å². The molecule has 0 aliphatic carbocycles. The van der Waals surface area contributed by atoms with E-state index in [1.165, 1.54) is 16.5 Å². The van der Waals surface area contributed by atoms with E-state index >= 15 is 0 Å². The maximum Gasteiger partial charge on any atom is 0.227 e. The van der Waals surface area contributed by atoms with Gasteiger partial charge in [-0.3, -0.25) is 4.79 Å². The number of hydrazine groups is 1. The van der Waals surface area contributed by atoms with E-state index in [0.717, 1.165) is 5.75 Å². The Hall–Kier alpha value is -0.710. The molecule has 0 atom stereocenters. The molecule has 0 radical (unpaired) electrons. The van der Waals surface area contributed by atoms with Gasteiger partial charge in [0.15, 0.2) is 0 Å². The van der Waals surface area contributed by atoms with Crippen LogP contribution in [-0.4, -0.2) is 22.9 Å². The summed E-state index contributed by atoms with van der Waals surface area (Å²) in [5, 5.41) is 3.75. The van der Waals surface area contributed by atoms with Gasteiger partial charge in [-0.1, -0.05) is 0 Å². The number of nitrogens with one attached hydrogen (secondary N) is 1. The minimum absolute atomic E-state index is 0.593. The number of hydrogen-bond donors (Lipinski definition) is 1. The van der Waals surface area contributed by atoms with Gasteiger partial charge in [-0.2, -0.15) is 5.10 Å². The molecule has 0 spiro atoms. The van der Waals surface area contributed by atoms with E-state index in [1.807, 2.05) is 0 Å². The van der Waals surface area contributed by atoms with E-state index < -0.39 is 0 Å². The molecule has 0 bridgehead atoms. The van der Waals surface area contributed by atoms with Gasteiger partial charge in [0.25, 0.3) is 0 Å². The Morgan fingerprint density at radius 3 is 3.38 bits per heavy atom. The zero-order valence-electron chi connectivity index (χ0n) is 4.07. The number of nitrogens with zero attached hydrogens (tertiary/aromatic N) is 2. The number of carbonyl (C=O) groups excluding carboxylic acids is 1. The Labute approximate surface area is 51.0 Å². The Bertz CT molecular complexity index is 115. The first-order chi connectivity index (χ1) is 3.93. The van der Waals surface area contributed by atoms with Crippen molar-refractivity contribution in [3.05, 3.63) is 0 Å². The molecule has 0 fully saturated rings. The van der Waals surface area contributed by atoms with Crippen LogP contribution in [0.4, 0.5) is 0 Å². The third kappa shape index (κ3) is 1.13. The Kier molecular flexibility index (Phi) is 1.74. The van der Waals surface area contributed by atoms with Crippen molar-refractivity contribution in [1.82, 2.24) is 9.95 Å². The van der Waals surface area contributed by atoms with Gasteiger partial charge in [0.1, 0.15) is 0 Å². The predicted molar refractivity (Wildman–Crippen MR) is 32.0 cm³/mol. The molecule has 0 aromatic rings. The van der Waals surface area contributed by atoms with Crippen LogP contribution in [0.25, 0.3) is 0 Å². The Morgan fingerprint density at radius 1 is 2.00 bits per heavy atom. The summed E-state index contributed by atoms with van der Waals surface area (Å²) in [6, 6.07) is 0. The normalized spacial score (nSPS) is 16.8. The molecule has 8 heavy (non-hydrogen) atoms. The topological polar surface area (TPSA) is 44.7 Å². The fraction of sp³-hybridized carbons (Fsp3) is 0.333. The molecule has 1 heterocycles. The lowest BCUT2D eigenvalue weighted by Gasteiger charge is -2.06. The highest BCUT2D eigenvalue weighted by Crippen LogP contribution is 2.09. The van der Waals surface area contributed by atoms with Crippen LogP contribution < -0.4 is 5.43 Å². The monoisotopic (exact) mass is 131 g/mol. The van der Waals surface area contributed by atoms with Crippen molar-refractivity contribution < 1.29 is 4.79 Å². The van der Waals surface area contributed by atoms with Gasteiger partial charge in [0.05, 0.1) is 5.75 Å². The molecule has 1 N–H and O–H groups in total. The Balaban J connectivity index is 2.25. The number of hydrazone groups is 1. The van der Waals surface area contributed by atoms with Crippen molar-refractivity contribution in [2.24, 2.45) is 5.10 Å². The molecule has 0 aromatic heterocycles. The van der Waals surface area contributed by atoms with Gasteiger partial charge in [0.2, 0.25) is 6.41 Å². The fourth-order valence-electron chi connectivity index (χ4n) is 0.360. The maximum atomic E-state index is 9.72. The standard InChI is InChI=1S/C3H5N3OS/c7-3-5-6-4-1-2-8-6/h1,3H,2H2,(H,5,7). The number of hydrogen-bond acceptors (Lipinski definition) is 4. The van der Waals surface area contributed by atoms with Crippen LogP contribution in [0.3, 0.4) is 0 Å². The average molecular weight is 131 g/mol. The SMILES string of the molecule is O=CNN1N=CCS1. The molecule has 1 rings (SSSR count). The number of amides is 1. The van der Waals surface area contributed by atoms with Crippen molar-refractivity contribution >= 4 is 24.6 Å². The second kappa shape index (κ2) is 2.56. The van der Waals surface area contributed by atoms with Crippen LogP contribution in [0.2, 0.25) is 0 Å². The lowest BCUT2D eigenvalue weighted by atomic mass is 10.9. The highest BCUT2D eigenvalue weighted by molar-refractivity contribution is 7.97. The molecule has 44 valence electrons. The first-order valence-corrected chi connectivity index (χ1v) is 3.03. The van der Waals surface area contributed by atoms with Crippen molar-refractivity contribution in [3.8, 4) is 0 Å². The first-order valence-electron chi connectivity index (χ1n) is 2.09. The third-order valence-corrected chi connectivity index (χ3v) is 1.36. The molecule has 0 aromatic carbocycles. The summed E-state index contributed by atoms with van der Waals surface area (Å²) < 4.78 is 1.41. The first kappa shape index (κ1) is 5.43. The molecule has 5 heteroatoms. The van der Waals surface area contributed by atoms with E-state index in [2.05, 4.69) is 10.5 Å². The molecule has 0 saturated carbocycles. The van der Waals surface area contributed by atoms with Crippen LogP contribution in [0.1, 0.15) is 0 Å². The van der Waals surface area contributed by atoms with Crippen molar-refractivity contribution in [2.45, 2.75) is 0 Å². The molecule has 4 nitrogen and oxygen atoms in total. The molecule has 1 aliphatic rings. The summed E-state index contributed by atoms with van der Waals surface area (Å²) in [4.78, 5) is 9.72. The second-order valence-corrected chi connectivity index (χ2v) is 2.05. The summed E-state index contributed by atoms with van der Waals surface area (Å²) in [5.41, 5.74) is 2.36. The van der Waals surface area contributed by atoms with Crippen molar-refractivity contribution in [3.63, 3.8) is 0 Å². The number of rotatable bonds is 2. The average Bonchev–Trinajstić information content (AvgIpc) is 2.19. The van der Waals surface area contributed by atoms with Gasteiger partial charge in [0, 0.05) is 18.2 Å². The van der Waals surface area contributed by atoms with Gasteiger partial charge in [-0.25, -0.2) is 5.43 Å². The quantitative estimate of drug-likeness (QED) is 0.409. The lowest BCUT2D eigenvalue weighted by Crippen LogP contribution is -2.23. The van der Waals surface area contributed by atoms with Crippen LogP contribution >= 0.6 is 11.9 Å². The molecule has 0 saturated heterocycles. The van der Waals surface area contributed by atoms with Crippen LogP contribution in [0.15, 0.2) is 5.10 Å². The Morgan fingerprint density at radius 2 is 2.88 bits per heavy atom. The highest BCUT2D eigenvalue weighted by atomic mass is 32.2. The molecular formula is C3H5N3OS. The summed E-state index contributed by atoms with van der Waals surface area (Å²) >= 11 is 1.44. The third-order valence-electron chi connectivity index (χ3n) is 0.621. The summed E-state index contributed by atoms with van der Waals surface area (Å²) in [6.45, 7) is 0. The van der Waals surface area contributed by atoms with E-state index in [9.17, 15) is 4.79 Å². The largest absolute Gasteiger partial charge is 0.277 e. The molecule has 1 amide bonds. The lowest BCUT2D eigenvalue weighted by molar-refractivity contribution is -0.111. The fourth-order valence-corrected chi connectivity index (χ4v) is 0.886. The van der Waals surface area contributed by atoms with Crippen LogP contribution in [-0.2, 0) is 4.79 Å². The van der Waals surface area contributed by atoms with Gasteiger partial charge in [-0.15, -0.1) is 4.52 Å². The minimum Gasteiger partial charge on any atom is -0.277 e. The summed E-state index contributed by atoms with van der Waals surface area (Å²) in [7, 11) is 0. The summed E-state index contributed by atoms with van der Waals surface area (Å²) in [5.74, 6) is 0.834. The van der Waals surface area contributed by atoms with E-state index in [1.54, 1.807) is 6.21 Å². The van der Waals surface area contributed by atoms with Crippen LogP contribution in [0, 0.1) is 0 Å².